The van der Waals surface area contributed by atoms with E-state index < -0.39 is 15.8 Å². The molecule has 4 nitrogen and oxygen atoms in total. The Kier molecular flexibility index (Phi) is 3.93. The molecule has 1 aromatic carbocycles. The second-order valence-corrected chi connectivity index (χ2v) is 5.84. The van der Waals surface area contributed by atoms with Crippen LogP contribution in [0.2, 0.25) is 5.02 Å². The van der Waals surface area contributed by atoms with Crippen molar-refractivity contribution < 1.29 is 18.3 Å². The Morgan fingerprint density at radius 3 is 2.56 bits per heavy atom. The normalized spacial score (nSPS) is 11.4. The highest BCUT2D eigenvalue weighted by molar-refractivity contribution is 7.90. The monoisotopic (exact) mass is 262 g/mol. The van der Waals surface area contributed by atoms with Crippen LogP contribution in [0, 0.1) is 0 Å². The Balaban J connectivity index is 3.04. The molecule has 1 rings (SSSR count). The van der Waals surface area contributed by atoms with E-state index in [4.69, 9.17) is 16.7 Å². The van der Waals surface area contributed by atoms with E-state index in [0.717, 1.165) is 6.26 Å². The minimum Gasteiger partial charge on any atom is -0.481 e. The van der Waals surface area contributed by atoms with E-state index in [9.17, 15) is 13.2 Å². The van der Waals surface area contributed by atoms with Gasteiger partial charge in [0.15, 0.2) is 9.84 Å². The predicted octanol–water partition coefficient (Wildman–Crippen LogP) is 1.76. The molecule has 0 saturated heterocycles. The van der Waals surface area contributed by atoms with E-state index in [1.54, 1.807) is 0 Å². The van der Waals surface area contributed by atoms with Crippen LogP contribution in [0.5, 0.6) is 0 Å². The molecule has 0 amide bonds. The zero-order valence-electron chi connectivity index (χ0n) is 8.60. The number of sulfone groups is 1. The van der Waals surface area contributed by atoms with Gasteiger partial charge in [-0.25, -0.2) is 8.42 Å². The van der Waals surface area contributed by atoms with Crippen LogP contribution in [-0.2, 0) is 21.1 Å². The fourth-order valence-electron chi connectivity index (χ4n) is 1.21. The van der Waals surface area contributed by atoms with Gasteiger partial charge in [0, 0.05) is 17.7 Å². The molecule has 0 aromatic heterocycles. The lowest BCUT2D eigenvalue weighted by Gasteiger charge is -2.05. The number of benzene rings is 1. The van der Waals surface area contributed by atoms with Gasteiger partial charge in [0.25, 0.3) is 0 Å². The predicted molar refractivity (Wildman–Crippen MR) is 60.5 cm³/mol. The maximum Gasteiger partial charge on any atom is 0.303 e. The molecule has 0 fully saturated rings. The minimum atomic E-state index is -3.29. The lowest BCUT2D eigenvalue weighted by molar-refractivity contribution is -0.136. The molecule has 0 heterocycles. The van der Waals surface area contributed by atoms with Crippen LogP contribution in [0.25, 0.3) is 0 Å². The molecular weight excluding hydrogens is 252 g/mol. The van der Waals surface area contributed by atoms with E-state index in [2.05, 4.69) is 0 Å². The Labute approximate surface area is 98.8 Å². The largest absolute Gasteiger partial charge is 0.481 e. The van der Waals surface area contributed by atoms with E-state index in [1.807, 2.05) is 0 Å². The lowest BCUT2D eigenvalue weighted by atomic mass is 10.1. The SMILES string of the molecule is CS(=O)(=O)c1ccc(Cl)c(CCC(=O)O)c1. The fourth-order valence-corrected chi connectivity index (χ4v) is 2.10. The number of carbonyl (C=O) groups is 1. The lowest BCUT2D eigenvalue weighted by Crippen LogP contribution is -2.01. The highest BCUT2D eigenvalue weighted by Crippen LogP contribution is 2.21. The maximum absolute atomic E-state index is 11.3. The second-order valence-electron chi connectivity index (χ2n) is 3.42. The van der Waals surface area contributed by atoms with Gasteiger partial charge in [0.1, 0.15) is 0 Å². The summed E-state index contributed by atoms with van der Waals surface area (Å²) in [5, 5.41) is 8.92. The van der Waals surface area contributed by atoms with Crippen LogP contribution >= 0.6 is 11.6 Å². The third-order valence-electron chi connectivity index (χ3n) is 2.05. The van der Waals surface area contributed by atoms with Crippen molar-refractivity contribution in [1.82, 2.24) is 0 Å². The van der Waals surface area contributed by atoms with E-state index in [0.29, 0.717) is 10.6 Å². The van der Waals surface area contributed by atoms with Gasteiger partial charge >= 0.3 is 5.97 Å². The number of hydrogen-bond acceptors (Lipinski definition) is 3. The molecule has 0 aliphatic heterocycles. The van der Waals surface area contributed by atoms with Gasteiger partial charge < -0.3 is 5.11 Å². The van der Waals surface area contributed by atoms with E-state index >= 15 is 0 Å². The van der Waals surface area contributed by atoms with Crippen LogP contribution in [0.1, 0.15) is 12.0 Å². The number of halogens is 1. The Hall–Kier alpha value is -1.07. The first kappa shape index (κ1) is 13.0. The van der Waals surface area contributed by atoms with Crippen molar-refractivity contribution in [1.29, 1.82) is 0 Å². The second kappa shape index (κ2) is 4.84. The molecule has 0 unspecified atom stereocenters. The van der Waals surface area contributed by atoms with Gasteiger partial charge in [-0.1, -0.05) is 11.6 Å². The van der Waals surface area contributed by atoms with Crippen molar-refractivity contribution in [2.75, 3.05) is 6.26 Å². The molecule has 0 spiro atoms. The molecule has 0 radical (unpaired) electrons. The molecule has 6 heteroatoms. The Morgan fingerprint density at radius 2 is 2.06 bits per heavy atom. The first-order valence-corrected chi connectivity index (χ1v) is 6.78. The summed E-state index contributed by atoms with van der Waals surface area (Å²) in [7, 11) is -3.29. The summed E-state index contributed by atoms with van der Waals surface area (Å²) in [5.74, 6) is -0.944. The van der Waals surface area contributed by atoms with Crippen LogP contribution in [-0.4, -0.2) is 25.7 Å². The molecule has 0 atom stereocenters. The van der Waals surface area contributed by atoms with Crippen molar-refractivity contribution in [3.8, 4) is 0 Å². The topological polar surface area (TPSA) is 71.4 Å². The number of carboxylic acid groups (broad SMARTS) is 1. The summed E-state index contributed by atoms with van der Waals surface area (Å²) in [6.07, 6.45) is 1.24. The van der Waals surface area contributed by atoms with Crippen LogP contribution in [0.4, 0.5) is 0 Å². The average Bonchev–Trinajstić information content (AvgIpc) is 2.14. The Bertz CT molecular complexity index is 508. The molecule has 1 aromatic rings. The van der Waals surface area contributed by atoms with Crippen molar-refractivity contribution in [2.45, 2.75) is 17.7 Å². The van der Waals surface area contributed by atoms with Gasteiger partial charge in [0.2, 0.25) is 0 Å². The highest BCUT2D eigenvalue weighted by atomic mass is 35.5. The number of rotatable bonds is 4. The average molecular weight is 263 g/mol. The van der Waals surface area contributed by atoms with Gasteiger partial charge in [-0.15, -0.1) is 0 Å². The number of carboxylic acids is 1. The van der Waals surface area contributed by atoms with Gasteiger partial charge in [-0.3, -0.25) is 4.79 Å². The molecule has 16 heavy (non-hydrogen) atoms. The van der Waals surface area contributed by atoms with Crippen molar-refractivity contribution >= 4 is 27.4 Å². The zero-order chi connectivity index (χ0) is 12.3. The molecule has 0 bridgehead atoms. The summed E-state index contributed by atoms with van der Waals surface area (Å²) >= 11 is 5.84. The fraction of sp³-hybridized carbons (Fsp3) is 0.300. The van der Waals surface area contributed by atoms with Crippen LogP contribution in [0.3, 0.4) is 0 Å². The number of aryl methyl sites for hydroxylation is 1. The smallest absolute Gasteiger partial charge is 0.303 e. The first-order valence-electron chi connectivity index (χ1n) is 4.51. The van der Waals surface area contributed by atoms with Gasteiger partial charge in [-0.05, 0) is 30.2 Å². The van der Waals surface area contributed by atoms with Crippen LogP contribution in [0.15, 0.2) is 23.1 Å². The van der Waals surface area contributed by atoms with Gasteiger partial charge in [0.05, 0.1) is 4.90 Å². The quantitative estimate of drug-likeness (QED) is 0.898. The van der Waals surface area contributed by atoms with Crippen molar-refractivity contribution in [3.05, 3.63) is 28.8 Å². The molecular formula is C10H11ClO4S. The van der Waals surface area contributed by atoms with Crippen molar-refractivity contribution in [3.63, 3.8) is 0 Å². The van der Waals surface area contributed by atoms with Gasteiger partial charge in [-0.2, -0.15) is 0 Å². The third kappa shape index (κ3) is 3.50. The Morgan fingerprint density at radius 1 is 1.44 bits per heavy atom. The molecule has 1 N–H and O–H groups in total. The molecule has 88 valence electrons. The number of hydrogen-bond donors (Lipinski definition) is 1. The van der Waals surface area contributed by atoms with Crippen LogP contribution < -0.4 is 0 Å². The standard InChI is InChI=1S/C10H11ClO4S/c1-16(14,15)8-3-4-9(11)7(6-8)2-5-10(12)13/h3-4,6H,2,5H2,1H3,(H,12,13). The minimum absolute atomic E-state index is 0.0765. The first-order chi connectivity index (χ1) is 7.30. The summed E-state index contributed by atoms with van der Waals surface area (Å²) in [4.78, 5) is 10.6. The summed E-state index contributed by atoms with van der Waals surface area (Å²) in [5.41, 5.74) is 0.534. The summed E-state index contributed by atoms with van der Waals surface area (Å²) in [6, 6.07) is 4.29. The zero-order valence-corrected chi connectivity index (χ0v) is 10.2. The number of aliphatic carboxylic acids is 1. The molecule has 0 aliphatic rings. The summed E-state index contributed by atoms with van der Waals surface area (Å²) in [6.45, 7) is 0. The maximum atomic E-state index is 11.3. The highest BCUT2D eigenvalue weighted by Gasteiger charge is 2.11. The molecule has 0 saturated carbocycles. The third-order valence-corrected chi connectivity index (χ3v) is 3.53. The van der Waals surface area contributed by atoms with Crippen molar-refractivity contribution in [2.24, 2.45) is 0 Å². The van der Waals surface area contributed by atoms with E-state index in [-0.39, 0.29) is 17.7 Å². The molecule has 0 aliphatic carbocycles. The van der Waals surface area contributed by atoms with E-state index in [1.165, 1.54) is 18.2 Å². The summed E-state index contributed by atoms with van der Waals surface area (Å²) < 4.78 is 22.6.